The Labute approximate surface area is 190 Å². The molecule has 0 spiro atoms. The smallest absolute Gasteiger partial charge is 0.337 e. The summed E-state index contributed by atoms with van der Waals surface area (Å²) >= 11 is 7.84. The highest BCUT2D eigenvalue weighted by molar-refractivity contribution is 7.17. The van der Waals surface area contributed by atoms with Crippen LogP contribution in [0.5, 0.6) is 0 Å². The Bertz CT molecular complexity index is 1240. The number of benzene rings is 2. The van der Waals surface area contributed by atoms with Crippen LogP contribution >= 0.6 is 22.9 Å². The number of Topliss-reactive ketones (excluding diaryl/α,β-unsaturated/α-hetero) is 1. The maximum absolute atomic E-state index is 13.3. The molecule has 158 valence electrons. The third-order valence-corrected chi connectivity index (χ3v) is 6.67. The van der Waals surface area contributed by atoms with Gasteiger partial charge >= 0.3 is 5.97 Å². The van der Waals surface area contributed by atoms with E-state index in [1.165, 1.54) is 6.92 Å². The van der Waals surface area contributed by atoms with Gasteiger partial charge in [-0.15, -0.1) is 11.3 Å². The molecule has 1 aromatic heterocycles. The molecule has 1 atom stereocenters. The number of dihydropyridines is 1. The van der Waals surface area contributed by atoms with E-state index in [1.54, 1.807) is 11.3 Å². The Balaban J connectivity index is 1.79. The first-order valence-electron chi connectivity index (χ1n) is 9.94. The molecule has 1 N–H and O–H groups in total. The number of ether oxygens (including phenoxy) is 1. The minimum atomic E-state index is -0.519. The van der Waals surface area contributed by atoms with E-state index in [4.69, 9.17) is 16.3 Å². The largest absolute Gasteiger partial charge is 0.457 e. The maximum Gasteiger partial charge on any atom is 0.337 e. The van der Waals surface area contributed by atoms with Crippen LogP contribution in [0.2, 0.25) is 5.02 Å². The number of ketones is 1. The molecule has 1 unspecified atom stereocenters. The average molecular weight is 452 g/mol. The lowest BCUT2D eigenvalue weighted by molar-refractivity contribution is -0.140. The summed E-state index contributed by atoms with van der Waals surface area (Å²) in [5.41, 5.74) is 4.24. The SMILES string of the molecule is CC(=O)C1=C(C)NC(C)=C(C(=O)OCc2ccccc2)C1c1csc2ccc(Cl)cc12. The highest BCUT2D eigenvalue weighted by Crippen LogP contribution is 2.44. The number of hydrogen-bond donors (Lipinski definition) is 1. The summed E-state index contributed by atoms with van der Waals surface area (Å²) in [6.45, 7) is 5.40. The average Bonchev–Trinajstić information content (AvgIpc) is 3.14. The van der Waals surface area contributed by atoms with Crippen molar-refractivity contribution in [3.05, 3.63) is 92.6 Å². The molecule has 3 aromatic rings. The molecule has 2 heterocycles. The standard InChI is InChI=1S/C25H22ClNO3S/c1-14-22(16(3)28)24(20-13-31-21-10-9-18(26)11-19(20)21)23(15(2)27-14)25(29)30-12-17-7-5-4-6-8-17/h4-11,13,24,27H,12H2,1-3H3. The lowest BCUT2D eigenvalue weighted by Crippen LogP contribution is -2.31. The quantitative estimate of drug-likeness (QED) is 0.474. The maximum atomic E-state index is 13.3. The fourth-order valence-electron chi connectivity index (χ4n) is 4.09. The van der Waals surface area contributed by atoms with E-state index in [1.807, 2.05) is 67.8 Å². The molecule has 1 aliphatic rings. The van der Waals surface area contributed by atoms with Gasteiger partial charge in [0.2, 0.25) is 0 Å². The number of hydrogen-bond acceptors (Lipinski definition) is 5. The number of carbonyl (C=O) groups excluding carboxylic acids is 2. The normalized spacial score (nSPS) is 16.5. The monoisotopic (exact) mass is 451 g/mol. The van der Waals surface area contributed by atoms with E-state index in [2.05, 4.69) is 5.32 Å². The van der Waals surface area contributed by atoms with Crippen molar-refractivity contribution >= 4 is 44.8 Å². The number of nitrogens with one attached hydrogen (secondary N) is 1. The Morgan fingerprint density at radius 3 is 2.48 bits per heavy atom. The van der Waals surface area contributed by atoms with Crippen LogP contribution in [0, 0.1) is 0 Å². The molecule has 0 saturated heterocycles. The minimum absolute atomic E-state index is 0.0859. The molecule has 4 nitrogen and oxygen atoms in total. The van der Waals surface area contributed by atoms with Crippen molar-refractivity contribution in [2.75, 3.05) is 0 Å². The molecule has 0 saturated carbocycles. The molecule has 1 aliphatic heterocycles. The van der Waals surface area contributed by atoms with Crippen LogP contribution in [0.1, 0.15) is 37.8 Å². The fraction of sp³-hybridized carbons (Fsp3) is 0.200. The van der Waals surface area contributed by atoms with Gasteiger partial charge in [0, 0.05) is 32.6 Å². The van der Waals surface area contributed by atoms with Crippen molar-refractivity contribution in [3.8, 4) is 0 Å². The van der Waals surface area contributed by atoms with Gasteiger partial charge in [0.05, 0.1) is 5.57 Å². The third-order valence-electron chi connectivity index (χ3n) is 5.45. The number of halogens is 1. The molecule has 0 bridgehead atoms. The van der Waals surface area contributed by atoms with E-state index in [-0.39, 0.29) is 12.4 Å². The molecule has 31 heavy (non-hydrogen) atoms. The Morgan fingerprint density at radius 1 is 1.06 bits per heavy atom. The van der Waals surface area contributed by atoms with Gasteiger partial charge in [-0.3, -0.25) is 4.79 Å². The van der Waals surface area contributed by atoms with Gasteiger partial charge in [0.1, 0.15) is 6.61 Å². The zero-order valence-electron chi connectivity index (χ0n) is 17.5. The van der Waals surface area contributed by atoms with E-state index in [0.717, 1.165) is 26.9 Å². The van der Waals surface area contributed by atoms with Crippen molar-refractivity contribution in [1.82, 2.24) is 5.32 Å². The number of thiophene rings is 1. The molecule has 0 radical (unpaired) electrons. The highest BCUT2D eigenvalue weighted by Gasteiger charge is 2.37. The first-order valence-corrected chi connectivity index (χ1v) is 11.2. The number of rotatable bonds is 5. The van der Waals surface area contributed by atoms with Crippen LogP contribution < -0.4 is 5.32 Å². The lowest BCUT2D eigenvalue weighted by atomic mass is 9.79. The summed E-state index contributed by atoms with van der Waals surface area (Å²) in [6.07, 6.45) is 0. The van der Waals surface area contributed by atoms with Gasteiger partial charge in [-0.05, 0) is 60.9 Å². The number of carbonyl (C=O) groups is 2. The van der Waals surface area contributed by atoms with Crippen molar-refractivity contribution < 1.29 is 14.3 Å². The lowest BCUT2D eigenvalue weighted by Gasteiger charge is -2.30. The summed E-state index contributed by atoms with van der Waals surface area (Å²) in [7, 11) is 0. The van der Waals surface area contributed by atoms with Crippen LogP contribution in [-0.4, -0.2) is 11.8 Å². The van der Waals surface area contributed by atoms with Gasteiger partial charge in [-0.2, -0.15) is 0 Å². The van der Waals surface area contributed by atoms with Gasteiger partial charge in [-0.1, -0.05) is 41.9 Å². The second-order valence-electron chi connectivity index (χ2n) is 7.58. The topological polar surface area (TPSA) is 55.4 Å². The molecule has 0 aliphatic carbocycles. The minimum Gasteiger partial charge on any atom is -0.457 e. The molecule has 4 rings (SSSR count). The summed E-state index contributed by atoms with van der Waals surface area (Å²) in [6, 6.07) is 15.2. The predicted octanol–water partition coefficient (Wildman–Crippen LogP) is 6.12. The van der Waals surface area contributed by atoms with Crippen molar-refractivity contribution in [2.45, 2.75) is 33.3 Å². The first-order chi connectivity index (χ1) is 14.9. The van der Waals surface area contributed by atoms with Gasteiger partial charge in [-0.25, -0.2) is 4.79 Å². The van der Waals surface area contributed by atoms with Crippen LogP contribution in [0.15, 0.2) is 76.5 Å². The van der Waals surface area contributed by atoms with E-state index >= 15 is 0 Å². The zero-order valence-corrected chi connectivity index (χ0v) is 19.1. The Morgan fingerprint density at radius 2 is 1.77 bits per heavy atom. The summed E-state index contributed by atoms with van der Waals surface area (Å²) < 4.78 is 6.72. The molecule has 2 aromatic carbocycles. The van der Waals surface area contributed by atoms with E-state index in [0.29, 0.717) is 21.9 Å². The highest BCUT2D eigenvalue weighted by atomic mass is 35.5. The molecular weight excluding hydrogens is 430 g/mol. The molecular formula is C25H22ClNO3S. The van der Waals surface area contributed by atoms with Crippen LogP contribution in [0.25, 0.3) is 10.1 Å². The number of fused-ring (bicyclic) bond motifs is 1. The van der Waals surface area contributed by atoms with E-state index in [9.17, 15) is 9.59 Å². The third kappa shape index (κ3) is 4.16. The molecule has 0 amide bonds. The van der Waals surface area contributed by atoms with Gasteiger partial charge in [0.15, 0.2) is 5.78 Å². The molecule has 6 heteroatoms. The second kappa shape index (κ2) is 8.69. The van der Waals surface area contributed by atoms with Crippen LogP contribution in [0.3, 0.4) is 0 Å². The zero-order chi connectivity index (χ0) is 22.1. The van der Waals surface area contributed by atoms with Crippen LogP contribution in [-0.2, 0) is 20.9 Å². The summed E-state index contributed by atoms with van der Waals surface area (Å²) in [5.74, 6) is -1.04. The van der Waals surface area contributed by atoms with Crippen LogP contribution in [0.4, 0.5) is 0 Å². The summed E-state index contributed by atoms with van der Waals surface area (Å²) in [5, 5.41) is 6.76. The van der Waals surface area contributed by atoms with Crippen molar-refractivity contribution in [1.29, 1.82) is 0 Å². The predicted molar refractivity (Wildman–Crippen MR) is 125 cm³/mol. The van der Waals surface area contributed by atoms with Gasteiger partial charge in [0.25, 0.3) is 0 Å². The molecule has 0 fully saturated rings. The van der Waals surface area contributed by atoms with E-state index < -0.39 is 11.9 Å². The second-order valence-corrected chi connectivity index (χ2v) is 8.93. The van der Waals surface area contributed by atoms with Gasteiger partial charge < -0.3 is 10.1 Å². The first kappa shape index (κ1) is 21.3. The summed E-state index contributed by atoms with van der Waals surface area (Å²) in [4.78, 5) is 26.0. The van der Waals surface area contributed by atoms with Crippen molar-refractivity contribution in [3.63, 3.8) is 0 Å². The Kier molecular flexibility index (Phi) is 5.99. The fourth-order valence-corrected chi connectivity index (χ4v) is 5.23. The Hall–Kier alpha value is -2.89. The number of allylic oxidation sites excluding steroid dienone is 3. The van der Waals surface area contributed by atoms with Crippen molar-refractivity contribution in [2.24, 2.45) is 0 Å². The number of esters is 1.